The van der Waals surface area contributed by atoms with E-state index in [1.165, 1.54) is 115 Å². The summed E-state index contributed by atoms with van der Waals surface area (Å²) >= 11 is 0. The van der Waals surface area contributed by atoms with Crippen molar-refractivity contribution in [3.63, 3.8) is 0 Å². The predicted molar refractivity (Wildman–Crippen MR) is 205 cm³/mol. The molecule has 0 aliphatic carbocycles. The van der Waals surface area contributed by atoms with Gasteiger partial charge in [-0.15, -0.1) is 0 Å². The highest BCUT2D eigenvalue weighted by atomic mass is 16.5. The van der Waals surface area contributed by atoms with Crippen molar-refractivity contribution in [3.05, 3.63) is 59.7 Å². The predicted octanol–water partition coefficient (Wildman–Crippen LogP) is 9.34. The van der Waals surface area contributed by atoms with E-state index in [-0.39, 0.29) is 0 Å². The zero-order valence-corrected chi connectivity index (χ0v) is 32.1. The average molecular weight is 697 g/mol. The first-order valence-electron chi connectivity index (χ1n) is 19.6. The van der Waals surface area contributed by atoms with Gasteiger partial charge in [-0.05, 0) is 150 Å². The Labute approximate surface area is 303 Å². The normalized spacial score (nSPS) is 19.2. The summed E-state index contributed by atoms with van der Waals surface area (Å²) in [7, 11) is 0. The highest BCUT2D eigenvalue weighted by molar-refractivity contribution is 6.27. The van der Waals surface area contributed by atoms with Gasteiger partial charge < -0.3 is 29.5 Å². The molecule has 4 atom stereocenters. The fourth-order valence-electron chi connectivity index (χ4n) is 7.69. The third-order valence-corrected chi connectivity index (χ3v) is 10.1. The van der Waals surface area contributed by atoms with Crippen molar-refractivity contribution < 1.29 is 29.3 Å². The average Bonchev–Trinajstić information content (AvgIpc) is 3.12. The molecule has 4 rings (SSSR count). The maximum Gasteiger partial charge on any atom is 0.414 e. The lowest BCUT2D eigenvalue weighted by Crippen LogP contribution is -2.38. The van der Waals surface area contributed by atoms with E-state index in [1.54, 1.807) is 0 Å². The summed E-state index contributed by atoms with van der Waals surface area (Å²) < 4.78 is 11.4. The number of unbranched alkanes of at least 4 members (excludes halogenated alkanes) is 2. The summed E-state index contributed by atoms with van der Waals surface area (Å²) in [5.41, 5.74) is 2.94. The Kier molecular flexibility index (Phi) is 21.5. The van der Waals surface area contributed by atoms with Gasteiger partial charge in [0.2, 0.25) is 0 Å². The Balaban J connectivity index is 0.000000299. The first kappa shape index (κ1) is 43.1. The topological polar surface area (TPSA) is 99.5 Å². The van der Waals surface area contributed by atoms with E-state index in [9.17, 15) is 0 Å². The molecule has 8 nitrogen and oxygen atoms in total. The second-order valence-corrected chi connectivity index (χ2v) is 13.8. The van der Waals surface area contributed by atoms with Crippen LogP contribution in [0.15, 0.2) is 48.5 Å². The van der Waals surface area contributed by atoms with Crippen molar-refractivity contribution in [1.29, 1.82) is 0 Å². The van der Waals surface area contributed by atoms with E-state index in [0.29, 0.717) is 11.8 Å². The van der Waals surface area contributed by atoms with Crippen LogP contribution in [-0.2, 0) is 9.59 Å². The van der Waals surface area contributed by atoms with E-state index in [1.807, 2.05) is 0 Å². The molecule has 0 saturated carbocycles. The molecule has 282 valence electrons. The molecule has 50 heavy (non-hydrogen) atoms. The van der Waals surface area contributed by atoms with Gasteiger partial charge in [0.1, 0.15) is 11.5 Å². The van der Waals surface area contributed by atoms with Crippen LogP contribution in [0.3, 0.4) is 0 Å². The molecule has 0 radical (unpaired) electrons. The molecule has 2 aromatic carbocycles. The van der Waals surface area contributed by atoms with Crippen molar-refractivity contribution in [3.8, 4) is 11.5 Å². The summed E-state index contributed by atoms with van der Waals surface area (Å²) in [6, 6.07) is 17.6. The molecule has 8 heteroatoms. The minimum Gasteiger partial charge on any atom is -0.494 e. The lowest BCUT2D eigenvalue weighted by molar-refractivity contribution is -0.159. The number of ether oxygens (including phenoxy) is 2. The lowest BCUT2D eigenvalue weighted by atomic mass is 9.79. The summed E-state index contributed by atoms with van der Waals surface area (Å²) in [5, 5.41) is 14.8. The zero-order valence-electron chi connectivity index (χ0n) is 32.1. The number of benzene rings is 2. The number of rotatable bonds is 16. The van der Waals surface area contributed by atoms with Gasteiger partial charge >= 0.3 is 11.9 Å². The van der Waals surface area contributed by atoms with Crippen LogP contribution in [-0.4, -0.2) is 84.4 Å². The van der Waals surface area contributed by atoms with E-state index in [0.717, 1.165) is 36.5 Å². The molecule has 2 fully saturated rings. The van der Waals surface area contributed by atoms with E-state index in [4.69, 9.17) is 29.3 Å². The Morgan fingerprint density at radius 1 is 0.680 bits per heavy atom. The van der Waals surface area contributed by atoms with Crippen molar-refractivity contribution >= 4 is 11.9 Å². The lowest BCUT2D eigenvalue weighted by Gasteiger charge is -2.37. The second-order valence-electron chi connectivity index (χ2n) is 13.8. The zero-order chi connectivity index (χ0) is 36.7. The number of hydrogen-bond acceptors (Lipinski definition) is 6. The number of carboxylic acids is 2. The Morgan fingerprint density at radius 2 is 1.08 bits per heavy atom. The number of carbonyl (C=O) groups is 2. The summed E-state index contributed by atoms with van der Waals surface area (Å²) in [5.74, 6) is 1.34. The summed E-state index contributed by atoms with van der Waals surface area (Å²) in [4.78, 5) is 23.6. The number of piperidine rings is 2. The maximum atomic E-state index is 9.10. The molecule has 2 N–H and O–H groups in total. The molecular formula is C42H68N2O6. The number of nitrogens with zero attached hydrogens (tertiary/aromatic N) is 2. The van der Waals surface area contributed by atoms with Crippen LogP contribution in [0.2, 0.25) is 0 Å². The number of carboxylic acid groups (broad SMARTS) is 2. The minimum atomic E-state index is -1.82. The van der Waals surface area contributed by atoms with Gasteiger partial charge in [0, 0.05) is 13.1 Å². The first-order chi connectivity index (χ1) is 24.2. The molecule has 0 aromatic heterocycles. The highest BCUT2D eigenvalue weighted by Gasteiger charge is 2.28. The number of hydrogen-bond donors (Lipinski definition) is 2. The van der Waals surface area contributed by atoms with Gasteiger partial charge in [-0.25, -0.2) is 9.59 Å². The van der Waals surface area contributed by atoms with E-state index < -0.39 is 11.9 Å². The van der Waals surface area contributed by atoms with E-state index in [2.05, 4.69) is 99.9 Å². The fraction of sp³-hybridized carbons (Fsp3) is 0.667. The number of likely N-dealkylation sites (tertiary alicyclic amines) is 2. The van der Waals surface area contributed by atoms with Crippen LogP contribution in [0.25, 0.3) is 0 Å². The number of aliphatic carboxylic acids is 2. The van der Waals surface area contributed by atoms with Crippen LogP contribution in [0.5, 0.6) is 11.5 Å². The van der Waals surface area contributed by atoms with Crippen molar-refractivity contribution in [2.75, 3.05) is 52.5 Å². The summed E-state index contributed by atoms with van der Waals surface area (Å²) in [6.07, 6.45) is 13.2. The fourth-order valence-corrected chi connectivity index (χ4v) is 7.69. The molecule has 2 saturated heterocycles. The van der Waals surface area contributed by atoms with Gasteiger partial charge in [0.05, 0.1) is 13.2 Å². The molecule has 4 unspecified atom stereocenters. The quantitative estimate of drug-likeness (QED) is 0.168. The van der Waals surface area contributed by atoms with Gasteiger partial charge in [0.25, 0.3) is 0 Å². The van der Waals surface area contributed by atoms with Crippen molar-refractivity contribution in [2.24, 2.45) is 11.8 Å². The van der Waals surface area contributed by atoms with Gasteiger partial charge in [0.15, 0.2) is 0 Å². The molecule has 2 aliphatic heterocycles. The van der Waals surface area contributed by atoms with Gasteiger partial charge in [-0.3, -0.25) is 0 Å². The smallest absolute Gasteiger partial charge is 0.414 e. The largest absolute Gasteiger partial charge is 0.494 e. The van der Waals surface area contributed by atoms with Crippen molar-refractivity contribution in [1.82, 2.24) is 9.80 Å². The van der Waals surface area contributed by atoms with E-state index >= 15 is 0 Å². The van der Waals surface area contributed by atoms with Crippen LogP contribution >= 0.6 is 0 Å². The Hall–Kier alpha value is -3.10. The van der Waals surface area contributed by atoms with Crippen LogP contribution in [0, 0.1) is 11.8 Å². The van der Waals surface area contributed by atoms with Gasteiger partial charge in [-0.2, -0.15) is 0 Å². The summed E-state index contributed by atoms with van der Waals surface area (Å²) in [6.45, 7) is 22.5. The SMILES string of the molecule is CCCCN1CCCC(C(CC)c2cccc(OCC)c2)C1.CCCCN1CCCC(C(CC)c2cccc(OCC)c2)C1.O=C(O)C(=O)O. The van der Waals surface area contributed by atoms with Crippen molar-refractivity contribution in [2.45, 2.75) is 118 Å². The van der Waals surface area contributed by atoms with Crippen LogP contribution < -0.4 is 9.47 Å². The minimum absolute atomic E-state index is 0.671. The molecule has 2 aromatic rings. The molecular weight excluding hydrogens is 628 g/mol. The molecule has 0 amide bonds. The Morgan fingerprint density at radius 3 is 1.40 bits per heavy atom. The monoisotopic (exact) mass is 697 g/mol. The first-order valence-corrected chi connectivity index (χ1v) is 19.6. The highest BCUT2D eigenvalue weighted by Crippen LogP contribution is 2.37. The molecule has 2 heterocycles. The third kappa shape index (κ3) is 15.4. The van der Waals surface area contributed by atoms with Crippen LogP contribution in [0.4, 0.5) is 0 Å². The molecule has 0 spiro atoms. The third-order valence-electron chi connectivity index (χ3n) is 10.1. The standard InChI is InChI=1S/2C20H33NO.C2H2O4/c2*1-4-7-13-21-14-9-11-18(16-21)20(5-2)17-10-8-12-19(15-17)22-6-3;3-1(4)2(5)6/h2*8,10,12,15,18,20H,4-7,9,11,13-14,16H2,1-3H3;(H,3,4)(H,5,6). The van der Waals surface area contributed by atoms with Gasteiger partial charge in [-0.1, -0.05) is 64.8 Å². The molecule has 0 bridgehead atoms. The maximum absolute atomic E-state index is 9.10. The second kappa shape index (κ2) is 25.0. The van der Waals surface area contributed by atoms with Crippen LogP contribution in [0.1, 0.15) is 129 Å². The molecule has 2 aliphatic rings. The Bertz CT molecular complexity index is 1130.